The van der Waals surface area contributed by atoms with Gasteiger partial charge in [-0.05, 0) is 60.5 Å². The van der Waals surface area contributed by atoms with Gasteiger partial charge < -0.3 is 9.30 Å². The Labute approximate surface area is 164 Å². The summed E-state index contributed by atoms with van der Waals surface area (Å²) in [4.78, 5) is 1.01. The van der Waals surface area contributed by atoms with Gasteiger partial charge in [-0.25, -0.2) is 0 Å². The summed E-state index contributed by atoms with van der Waals surface area (Å²) in [6, 6.07) is 16.6. The number of rotatable bonds is 5. The molecule has 0 amide bonds. The number of nitriles is 1. The summed E-state index contributed by atoms with van der Waals surface area (Å²) in [6.45, 7) is 0.939. The van der Waals surface area contributed by atoms with Gasteiger partial charge in [-0.3, -0.25) is 5.14 Å². The number of fused-ring (bicyclic) bond motifs is 1. The molecule has 1 saturated carbocycles. The number of nitrogens with two attached hydrogens (primary N) is 1. The predicted molar refractivity (Wildman–Crippen MR) is 111 cm³/mol. The normalized spacial score (nSPS) is 14.6. The van der Waals surface area contributed by atoms with Gasteiger partial charge in [0.05, 0.1) is 23.9 Å². The topological polar surface area (TPSA) is 64.0 Å². The molecule has 1 fully saturated rings. The Balaban J connectivity index is 1.94. The molecule has 3 aromatic rings. The third-order valence-electron chi connectivity index (χ3n) is 5.56. The van der Waals surface area contributed by atoms with Crippen LogP contribution in [0.15, 0.2) is 47.4 Å². The predicted octanol–water partition coefficient (Wildman–Crippen LogP) is 5.34. The van der Waals surface area contributed by atoms with Gasteiger partial charge in [-0.15, -0.1) is 0 Å². The van der Waals surface area contributed by atoms with Gasteiger partial charge in [0.2, 0.25) is 0 Å². The molecule has 138 valence electrons. The Kier molecular flexibility index (Phi) is 5.11. The average molecular weight is 378 g/mol. The van der Waals surface area contributed by atoms with Crippen LogP contribution in [-0.4, -0.2) is 11.7 Å². The van der Waals surface area contributed by atoms with E-state index in [4.69, 9.17) is 9.88 Å². The lowest BCUT2D eigenvalue weighted by Gasteiger charge is -2.16. The van der Waals surface area contributed by atoms with E-state index in [-0.39, 0.29) is 0 Å². The van der Waals surface area contributed by atoms with Crippen molar-refractivity contribution in [3.05, 3.63) is 48.0 Å². The van der Waals surface area contributed by atoms with E-state index in [2.05, 4.69) is 28.8 Å². The van der Waals surface area contributed by atoms with E-state index in [9.17, 15) is 5.26 Å². The molecule has 2 aromatic carbocycles. The van der Waals surface area contributed by atoms with Crippen LogP contribution in [0.4, 0.5) is 0 Å². The third-order valence-corrected chi connectivity index (χ3v) is 6.11. The molecule has 27 heavy (non-hydrogen) atoms. The maximum absolute atomic E-state index is 9.96. The number of ether oxygens (including phenoxy) is 1. The summed E-state index contributed by atoms with van der Waals surface area (Å²) in [5.41, 5.74) is 3.86. The molecular formula is C22H23N3OS. The van der Waals surface area contributed by atoms with Gasteiger partial charge in [0.15, 0.2) is 0 Å². The van der Waals surface area contributed by atoms with E-state index in [0.717, 1.165) is 44.9 Å². The molecule has 0 radical (unpaired) electrons. The van der Waals surface area contributed by atoms with Crippen LogP contribution in [0.25, 0.3) is 22.2 Å². The maximum Gasteiger partial charge on any atom is 0.120 e. The SMILES string of the molecule is COc1ccc2c(C#N)c(-c3ccc(SN)cc3)n(CC3CCCC3)c2c1. The zero-order valence-corrected chi connectivity index (χ0v) is 16.3. The van der Waals surface area contributed by atoms with E-state index < -0.39 is 0 Å². The molecule has 0 saturated heterocycles. The zero-order valence-electron chi connectivity index (χ0n) is 15.4. The van der Waals surface area contributed by atoms with Gasteiger partial charge in [0.1, 0.15) is 11.8 Å². The second kappa shape index (κ2) is 7.67. The van der Waals surface area contributed by atoms with Crippen molar-refractivity contribution in [3.63, 3.8) is 0 Å². The minimum absolute atomic E-state index is 0.663. The first kappa shape index (κ1) is 18.0. The van der Waals surface area contributed by atoms with Crippen molar-refractivity contribution in [1.82, 2.24) is 4.57 Å². The molecule has 1 aliphatic rings. The molecule has 0 unspecified atom stereocenters. The Bertz CT molecular complexity index is 995. The molecule has 1 heterocycles. The minimum Gasteiger partial charge on any atom is -0.497 e. The van der Waals surface area contributed by atoms with Crippen molar-refractivity contribution in [2.75, 3.05) is 7.11 Å². The lowest BCUT2D eigenvalue weighted by atomic mass is 10.1. The highest BCUT2D eigenvalue weighted by molar-refractivity contribution is 7.97. The molecular weight excluding hydrogens is 354 g/mol. The van der Waals surface area contributed by atoms with Gasteiger partial charge in [0, 0.05) is 22.9 Å². The van der Waals surface area contributed by atoms with Crippen molar-refractivity contribution >= 4 is 22.9 Å². The minimum atomic E-state index is 0.663. The van der Waals surface area contributed by atoms with E-state index in [1.165, 1.54) is 37.6 Å². The fourth-order valence-electron chi connectivity index (χ4n) is 4.20. The van der Waals surface area contributed by atoms with Crippen LogP contribution in [0.1, 0.15) is 31.2 Å². The smallest absolute Gasteiger partial charge is 0.120 e. The molecule has 0 atom stereocenters. The van der Waals surface area contributed by atoms with Crippen LogP contribution in [0.5, 0.6) is 5.75 Å². The summed E-state index contributed by atoms with van der Waals surface area (Å²) in [5, 5.41) is 16.6. The Hall–Kier alpha value is -2.42. The number of aromatic nitrogens is 1. The second-order valence-corrected chi connectivity index (χ2v) is 7.83. The molecule has 4 nitrogen and oxygen atoms in total. The highest BCUT2D eigenvalue weighted by atomic mass is 32.2. The van der Waals surface area contributed by atoms with Crippen molar-refractivity contribution in [2.24, 2.45) is 11.1 Å². The van der Waals surface area contributed by atoms with Crippen LogP contribution >= 0.6 is 11.9 Å². The molecule has 0 aliphatic heterocycles. The van der Waals surface area contributed by atoms with Crippen molar-refractivity contribution in [1.29, 1.82) is 5.26 Å². The second-order valence-electron chi connectivity index (χ2n) is 7.12. The standard InChI is InChI=1S/C22H23N3OS/c1-26-17-8-11-19-20(13-23)22(16-6-9-18(27-24)10-7-16)25(21(19)12-17)14-15-4-2-3-5-15/h6-12,15H,2-5,14,24H2,1H3. The van der Waals surface area contributed by atoms with Crippen molar-refractivity contribution < 1.29 is 4.74 Å². The maximum atomic E-state index is 9.96. The summed E-state index contributed by atoms with van der Waals surface area (Å²) in [7, 11) is 1.68. The highest BCUT2D eigenvalue weighted by Gasteiger charge is 2.23. The molecule has 1 aromatic heterocycles. The van der Waals surface area contributed by atoms with Crippen LogP contribution in [0, 0.1) is 17.2 Å². The van der Waals surface area contributed by atoms with Gasteiger partial charge >= 0.3 is 0 Å². The van der Waals surface area contributed by atoms with Gasteiger partial charge in [-0.1, -0.05) is 25.0 Å². The monoisotopic (exact) mass is 377 g/mol. The molecule has 1 aliphatic carbocycles. The Morgan fingerprint density at radius 3 is 2.56 bits per heavy atom. The van der Waals surface area contributed by atoms with E-state index in [1.807, 2.05) is 24.3 Å². The first-order chi connectivity index (χ1) is 13.2. The van der Waals surface area contributed by atoms with E-state index >= 15 is 0 Å². The molecule has 0 spiro atoms. The zero-order chi connectivity index (χ0) is 18.8. The van der Waals surface area contributed by atoms with E-state index in [0.29, 0.717) is 5.92 Å². The number of hydrogen-bond donors (Lipinski definition) is 1. The Morgan fingerprint density at radius 2 is 1.93 bits per heavy atom. The van der Waals surface area contributed by atoms with Crippen molar-refractivity contribution in [3.8, 4) is 23.1 Å². The third kappa shape index (κ3) is 3.31. The quantitative estimate of drug-likeness (QED) is 0.609. The molecule has 5 heteroatoms. The number of hydrogen-bond acceptors (Lipinski definition) is 4. The fraction of sp³-hybridized carbons (Fsp3) is 0.318. The largest absolute Gasteiger partial charge is 0.497 e. The molecule has 4 rings (SSSR count). The van der Waals surface area contributed by atoms with Crippen LogP contribution in [0.3, 0.4) is 0 Å². The van der Waals surface area contributed by atoms with Crippen molar-refractivity contribution in [2.45, 2.75) is 37.1 Å². The first-order valence-corrected chi connectivity index (χ1v) is 10.2. The summed E-state index contributed by atoms with van der Waals surface area (Å²) >= 11 is 1.23. The summed E-state index contributed by atoms with van der Waals surface area (Å²) in [6.07, 6.45) is 5.12. The number of nitrogens with zero attached hydrogens (tertiary/aromatic N) is 2. The van der Waals surface area contributed by atoms with Crippen LogP contribution in [-0.2, 0) is 6.54 Å². The lowest BCUT2D eigenvalue weighted by molar-refractivity contribution is 0.415. The van der Waals surface area contributed by atoms with Crippen LogP contribution in [0.2, 0.25) is 0 Å². The molecule has 2 N–H and O–H groups in total. The van der Waals surface area contributed by atoms with Gasteiger partial charge in [0.25, 0.3) is 0 Å². The average Bonchev–Trinajstić information content (AvgIpc) is 3.34. The van der Waals surface area contributed by atoms with Gasteiger partial charge in [-0.2, -0.15) is 5.26 Å². The summed E-state index contributed by atoms with van der Waals surface area (Å²) in [5.74, 6) is 1.48. The lowest BCUT2D eigenvalue weighted by Crippen LogP contribution is -2.09. The first-order valence-electron chi connectivity index (χ1n) is 9.32. The fourth-order valence-corrected chi connectivity index (χ4v) is 4.49. The Morgan fingerprint density at radius 1 is 1.19 bits per heavy atom. The molecule has 0 bridgehead atoms. The highest BCUT2D eigenvalue weighted by Crippen LogP contribution is 2.38. The summed E-state index contributed by atoms with van der Waals surface area (Å²) < 4.78 is 7.78. The van der Waals surface area contributed by atoms with E-state index in [1.54, 1.807) is 7.11 Å². The van der Waals surface area contributed by atoms with Crippen LogP contribution < -0.4 is 9.88 Å². The number of benzene rings is 2. The number of methoxy groups -OCH3 is 1.